The fourth-order valence-electron chi connectivity index (χ4n) is 5.60. The highest BCUT2D eigenvalue weighted by Gasteiger charge is 2.19. The number of hydrogen-bond donors (Lipinski definition) is 3. The van der Waals surface area contributed by atoms with Gasteiger partial charge < -0.3 is 10.3 Å². The van der Waals surface area contributed by atoms with Crippen LogP contribution >= 0.6 is 0 Å². The molecule has 8 nitrogen and oxygen atoms in total. The summed E-state index contributed by atoms with van der Waals surface area (Å²) in [6.45, 7) is 1.72. The number of fused-ring (bicyclic) bond motifs is 2. The smallest absolute Gasteiger partial charge is 0.178 e. The van der Waals surface area contributed by atoms with E-state index in [0.717, 1.165) is 45.6 Å². The second-order valence-corrected chi connectivity index (χ2v) is 10.2. The number of nitrogens with one attached hydrogen (secondary N) is 3. The van der Waals surface area contributed by atoms with Crippen LogP contribution in [0.1, 0.15) is 31.2 Å². The van der Waals surface area contributed by atoms with Crippen molar-refractivity contribution in [3.63, 3.8) is 0 Å². The molecule has 6 aromatic rings. The maximum Gasteiger partial charge on any atom is 0.178 e. The van der Waals surface area contributed by atoms with E-state index in [1.165, 1.54) is 31.7 Å². The molecule has 0 atom stereocenters. The van der Waals surface area contributed by atoms with Crippen LogP contribution in [0, 0.1) is 11.7 Å². The topological polar surface area (TPSA) is 108 Å². The molecular weight excluding hydrogens is 491 g/mol. The molecule has 0 amide bonds. The fourth-order valence-corrected chi connectivity index (χ4v) is 5.60. The lowest BCUT2D eigenvalue weighted by molar-refractivity contribution is 0.489. The van der Waals surface area contributed by atoms with E-state index < -0.39 is 0 Å². The van der Waals surface area contributed by atoms with E-state index >= 15 is 4.39 Å². The fraction of sp³-hybridized carbons (Fsp3) is 0.233. The maximum atomic E-state index is 15.3. The molecular formula is C30H27FN8. The molecule has 1 saturated carbocycles. The van der Waals surface area contributed by atoms with Crippen molar-refractivity contribution in [3.8, 4) is 33.8 Å². The monoisotopic (exact) mass is 518 g/mol. The molecule has 0 bridgehead atoms. The number of benzene rings is 1. The molecule has 0 saturated heterocycles. The third-order valence-electron chi connectivity index (χ3n) is 7.60. The Morgan fingerprint density at radius 2 is 1.79 bits per heavy atom. The lowest BCUT2D eigenvalue weighted by Gasteiger charge is -2.11. The van der Waals surface area contributed by atoms with Gasteiger partial charge in [0.15, 0.2) is 11.5 Å². The van der Waals surface area contributed by atoms with Crippen molar-refractivity contribution >= 4 is 22.1 Å². The third kappa shape index (κ3) is 4.55. The van der Waals surface area contributed by atoms with Gasteiger partial charge in [0.1, 0.15) is 11.5 Å². The molecule has 1 aliphatic carbocycles. The number of hydrogen-bond acceptors (Lipinski definition) is 6. The number of imidazole rings is 1. The van der Waals surface area contributed by atoms with Crippen molar-refractivity contribution < 1.29 is 4.39 Å². The zero-order valence-corrected chi connectivity index (χ0v) is 21.3. The van der Waals surface area contributed by atoms with Gasteiger partial charge in [-0.15, -0.1) is 0 Å². The Morgan fingerprint density at radius 1 is 0.923 bits per heavy atom. The van der Waals surface area contributed by atoms with Crippen molar-refractivity contribution in [2.24, 2.45) is 5.92 Å². The number of H-pyrrole nitrogens is 2. The van der Waals surface area contributed by atoms with Crippen molar-refractivity contribution in [1.29, 1.82) is 0 Å². The summed E-state index contributed by atoms with van der Waals surface area (Å²) in [5, 5.41) is 11.8. The minimum absolute atomic E-state index is 0.332. The summed E-state index contributed by atoms with van der Waals surface area (Å²) in [6.07, 6.45) is 14.1. The Kier molecular flexibility index (Phi) is 6.05. The summed E-state index contributed by atoms with van der Waals surface area (Å²) in [5.41, 5.74) is 6.80. The highest BCUT2D eigenvalue weighted by molar-refractivity contribution is 5.97. The Balaban J connectivity index is 1.23. The largest absolute Gasteiger partial charge is 0.335 e. The molecule has 39 heavy (non-hydrogen) atoms. The second kappa shape index (κ2) is 9.99. The molecule has 0 spiro atoms. The predicted molar refractivity (Wildman–Crippen MR) is 149 cm³/mol. The van der Waals surface area contributed by atoms with Gasteiger partial charge in [-0.3, -0.25) is 15.1 Å². The molecule has 5 aromatic heterocycles. The lowest BCUT2D eigenvalue weighted by Crippen LogP contribution is -2.20. The summed E-state index contributed by atoms with van der Waals surface area (Å²) in [4.78, 5) is 21.1. The molecule has 1 fully saturated rings. The Morgan fingerprint density at radius 3 is 2.67 bits per heavy atom. The van der Waals surface area contributed by atoms with E-state index in [1.807, 2.05) is 36.5 Å². The Bertz CT molecular complexity index is 1770. The maximum absolute atomic E-state index is 15.3. The molecule has 1 aliphatic rings. The van der Waals surface area contributed by atoms with Gasteiger partial charge in [-0.05, 0) is 66.8 Å². The summed E-state index contributed by atoms with van der Waals surface area (Å²) >= 11 is 0. The first kappa shape index (κ1) is 23.6. The first-order valence-electron chi connectivity index (χ1n) is 13.3. The Hall–Kier alpha value is -4.50. The van der Waals surface area contributed by atoms with E-state index in [0.29, 0.717) is 34.8 Å². The van der Waals surface area contributed by atoms with Gasteiger partial charge in [-0.25, -0.2) is 14.4 Å². The minimum Gasteiger partial charge on any atom is -0.335 e. The van der Waals surface area contributed by atoms with Gasteiger partial charge in [0.05, 0.1) is 11.0 Å². The lowest BCUT2D eigenvalue weighted by atomic mass is 10.0. The number of nitrogens with zero attached hydrogens (tertiary/aromatic N) is 5. The molecule has 3 N–H and O–H groups in total. The van der Waals surface area contributed by atoms with E-state index in [-0.39, 0.29) is 5.82 Å². The average molecular weight is 519 g/mol. The van der Waals surface area contributed by atoms with Crippen molar-refractivity contribution in [2.75, 3.05) is 6.54 Å². The van der Waals surface area contributed by atoms with Crippen molar-refractivity contribution in [2.45, 2.75) is 32.2 Å². The first-order chi connectivity index (χ1) is 19.2. The van der Waals surface area contributed by atoms with Crippen LogP contribution in [0.2, 0.25) is 0 Å². The molecule has 0 radical (unpaired) electrons. The minimum atomic E-state index is -0.332. The number of rotatable bonds is 7. The average Bonchev–Trinajstić information content (AvgIpc) is 3.73. The third-order valence-corrected chi connectivity index (χ3v) is 7.60. The van der Waals surface area contributed by atoms with Gasteiger partial charge in [-0.1, -0.05) is 12.8 Å². The van der Waals surface area contributed by atoms with Crippen LogP contribution in [-0.2, 0) is 6.54 Å². The van der Waals surface area contributed by atoms with E-state index in [1.54, 1.807) is 24.8 Å². The zero-order valence-electron chi connectivity index (χ0n) is 21.3. The van der Waals surface area contributed by atoms with Crippen LogP contribution in [0.25, 0.3) is 55.8 Å². The number of pyridine rings is 3. The molecule has 7 rings (SSSR count). The van der Waals surface area contributed by atoms with Crippen molar-refractivity contribution in [1.82, 2.24) is 40.4 Å². The van der Waals surface area contributed by atoms with Crippen LogP contribution in [0.15, 0.2) is 67.4 Å². The van der Waals surface area contributed by atoms with Gasteiger partial charge >= 0.3 is 0 Å². The van der Waals surface area contributed by atoms with E-state index in [4.69, 9.17) is 4.98 Å². The van der Waals surface area contributed by atoms with Crippen LogP contribution < -0.4 is 5.32 Å². The van der Waals surface area contributed by atoms with Crippen molar-refractivity contribution in [3.05, 3.63) is 78.8 Å². The quantitative estimate of drug-likeness (QED) is 0.238. The second-order valence-electron chi connectivity index (χ2n) is 10.2. The highest BCUT2D eigenvalue weighted by Crippen LogP contribution is 2.34. The molecule has 0 unspecified atom stereocenters. The Labute approximate surface area is 224 Å². The predicted octanol–water partition coefficient (Wildman–Crippen LogP) is 6.04. The summed E-state index contributed by atoms with van der Waals surface area (Å²) in [5.74, 6) is 0.988. The molecule has 0 aliphatic heterocycles. The normalized spacial score (nSPS) is 14.1. The van der Waals surface area contributed by atoms with E-state index in [2.05, 4.69) is 35.5 Å². The highest BCUT2D eigenvalue weighted by atomic mass is 19.1. The van der Waals surface area contributed by atoms with Crippen LogP contribution in [0.3, 0.4) is 0 Å². The van der Waals surface area contributed by atoms with Gasteiger partial charge in [0.2, 0.25) is 0 Å². The summed E-state index contributed by atoms with van der Waals surface area (Å²) in [7, 11) is 0. The van der Waals surface area contributed by atoms with E-state index in [9.17, 15) is 0 Å². The SMILES string of the molecule is Fc1cc2[nH]nc(-c3nc4nccc(-c5ccncc5)c4[nH]3)c2cc1-c1cncc(CNCC2CCCC2)c1. The summed E-state index contributed by atoms with van der Waals surface area (Å²) < 4.78 is 15.3. The van der Waals surface area contributed by atoms with Crippen LogP contribution in [0.4, 0.5) is 4.39 Å². The summed E-state index contributed by atoms with van der Waals surface area (Å²) in [6, 6.07) is 11.1. The molecule has 5 heterocycles. The number of halogens is 1. The van der Waals surface area contributed by atoms with Gasteiger partial charge in [0, 0.05) is 65.7 Å². The van der Waals surface area contributed by atoms with Gasteiger partial charge in [-0.2, -0.15) is 5.10 Å². The first-order valence-corrected chi connectivity index (χ1v) is 13.3. The zero-order chi connectivity index (χ0) is 26.2. The molecule has 9 heteroatoms. The number of aromatic nitrogens is 7. The standard InChI is InChI=1S/C30H27FN8/c31-25-13-26-24(12-23(25)21-11-19(16-34-17-21)15-33-14-18-3-1-2-4-18)28(39-38-26)30-36-27-22(7-10-35-29(27)37-30)20-5-8-32-9-6-20/h5-13,16-18,33H,1-4,14-15H2,(H,38,39)(H,35,36,37). The molecule has 194 valence electrons. The molecule has 1 aromatic carbocycles. The van der Waals surface area contributed by atoms with Gasteiger partial charge in [0.25, 0.3) is 0 Å². The van der Waals surface area contributed by atoms with Crippen LogP contribution in [-0.4, -0.2) is 41.7 Å². The number of aromatic amines is 2. The van der Waals surface area contributed by atoms with Crippen LogP contribution in [0.5, 0.6) is 0 Å².